The Morgan fingerprint density at radius 1 is 1.55 bits per heavy atom. The molecule has 5 heteroatoms. The third-order valence-corrected chi connectivity index (χ3v) is 2.37. The van der Waals surface area contributed by atoms with Gasteiger partial charge < -0.3 is 4.42 Å². The van der Waals surface area contributed by atoms with Crippen LogP contribution in [0.15, 0.2) is 23.0 Å². The van der Waals surface area contributed by atoms with Gasteiger partial charge in [-0.05, 0) is 18.1 Å². The second kappa shape index (κ2) is 3.28. The van der Waals surface area contributed by atoms with Crippen molar-refractivity contribution in [3.05, 3.63) is 24.2 Å². The molecule has 0 atom stereocenters. The number of aryl methyl sites for hydroxylation is 1. The molecule has 0 spiro atoms. The molecule has 62 valence electrons. The Bertz CT molecular complexity index is 301. The Hall–Kier alpha value is -0.480. The van der Waals surface area contributed by atoms with Crippen LogP contribution in [0, 0.1) is 0 Å². The highest BCUT2D eigenvalue weighted by atomic mass is 35.7. The van der Waals surface area contributed by atoms with E-state index in [1.165, 1.54) is 12.5 Å². The fraction of sp³-hybridized carbons (Fsp3) is 0.333. The zero-order chi connectivity index (χ0) is 8.32. The largest absolute Gasteiger partial charge is 0.472 e. The third kappa shape index (κ3) is 3.43. The first-order chi connectivity index (χ1) is 5.08. The lowest BCUT2D eigenvalue weighted by atomic mass is 10.3. The minimum atomic E-state index is -3.37. The topological polar surface area (TPSA) is 47.3 Å². The van der Waals surface area contributed by atoms with E-state index < -0.39 is 9.05 Å². The molecule has 3 nitrogen and oxygen atoms in total. The number of furan rings is 1. The van der Waals surface area contributed by atoms with Crippen molar-refractivity contribution in [2.24, 2.45) is 0 Å². The minimum absolute atomic E-state index is 0.0475. The van der Waals surface area contributed by atoms with Crippen LogP contribution in [0.5, 0.6) is 0 Å². The van der Waals surface area contributed by atoms with Crippen molar-refractivity contribution >= 4 is 19.7 Å². The maximum Gasteiger partial charge on any atom is 0.232 e. The van der Waals surface area contributed by atoms with Gasteiger partial charge in [-0.15, -0.1) is 0 Å². The molecule has 1 heterocycles. The Labute approximate surface area is 69.4 Å². The average molecular weight is 195 g/mol. The maximum atomic E-state index is 10.5. The van der Waals surface area contributed by atoms with Crippen molar-refractivity contribution < 1.29 is 12.8 Å². The summed E-state index contributed by atoms with van der Waals surface area (Å²) in [5.74, 6) is -0.0475. The summed E-state index contributed by atoms with van der Waals surface area (Å²) >= 11 is 0. The molecule has 0 bridgehead atoms. The molecule has 0 saturated carbocycles. The summed E-state index contributed by atoms with van der Waals surface area (Å²) in [6.07, 6.45) is 3.40. The zero-order valence-corrected chi connectivity index (χ0v) is 7.23. The van der Waals surface area contributed by atoms with Crippen molar-refractivity contribution in [3.8, 4) is 0 Å². The van der Waals surface area contributed by atoms with E-state index in [1.54, 1.807) is 6.07 Å². The molecule has 0 fully saturated rings. The van der Waals surface area contributed by atoms with Crippen molar-refractivity contribution in [3.63, 3.8) is 0 Å². The van der Waals surface area contributed by atoms with Crippen molar-refractivity contribution in [1.82, 2.24) is 0 Å². The normalized spacial score (nSPS) is 11.7. The zero-order valence-electron chi connectivity index (χ0n) is 5.66. The van der Waals surface area contributed by atoms with E-state index in [-0.39, 0.29) is 5.75 Å². The van der Waals surface area contributed by atoms with Gasteiger partial charge in [0.2, 0.25) is 9.05 Å². The molecule has 0 aliphatic rings. The molecular formula is C6H7ClO3S. The second-order valence-electron chi connectivity index (χ2n) is 2.12. The predicted molar refractivity (Wildman–Crippen MR) is 42.1 cm³/mol. The summed E-state index contributed by atoms with van der Waals surface area (Å²) in [4.78, 5) is 0. The highest BCUT2D eigenvalue weighted by Gasteiger charge is 2.05. The predicted octanol–water partition coefficient (Wildman–Crippen LogP) is 1.39. The smallest absolute Gasteiger partial charge is 0.232 e. The van der Waals surface area contributed by atoms with Gasteiger partial charge in [-0.2, -0.15) is 0 Å². The molecule has 0 aliphatic heterocycles. The number of halogens is 1. The lowest BCUT2D eigenvalue weighted by Crippen LogP contribution is -1.99. The molecule has 1 rings (SSSR count). The Morgan fingerprint density at radius 3 is 2.73 bits per heavy atom. The van der Waals surface area contributed by atoms with Crippen LogP contribution >= 0.6 is 10.7 Å². The van der Waals surface area contributed by atoms with Crippen LogP contribution < -0.4 is 0 Å². The summed E-state index contributed by atoms with van der Waals surface area (Å²) in [7, 11) is 1.62. The lowest BCUT2D eigenvalue weighted by Gasteiger charge is -1.91. The van der Waals surface area contributed by atoms with Gasteiger partial charge in [0.1, 0.15) is 0 Å². The Kier molecular flexibility index (Phi) is 2.57. The quantitative estimate of drug-likeness (QED) is 0.684. The van der Waals surface area contributed by atoms with Gasteiger partial charge in [0, 0.05) is 10.7 Å². The van der Waals surface area contributed by atoms with E-state index in [0.717, 1.165) is 5.56 Å². The number of hydrogen-bond donors (Lipinski definition) is 0. The summed E-state index contributed by atoms with van der Waals surface area (Å²) in [6.45, 7) is 0. The van der Waals surface area contributed by atoms with Crippen molar-refractivity contribution in [2.75, 3.05) is 5.75 Å². The van der Waals surface area contributed by atoms with Gasteiger partial charge >= 0.3 is 0 Å². The molecular weight excluding hydrogens is 188 g/mol. The van der Waals surface area contributed by atoms with Crippen molar-refractivity contribution in [1.29, 1.82) is 0 Å². The highest BCUT2D eigenvalue weighted by molar-refractivity contribution is 8.13. The van der Waals surface area contributed by atoms with E-state index >= 15 is 0 Å². The van der Waals surface area contributed by atoms with Gasteiger partial charge in [-0.1, -0.05) is 0 Å². The van der Waals surface area contributed by atoms with E-state index in [9.17, 15) is 8.42 Å². The van der Waals surface area contributed by atoms with Crippen LogP contribution in [-0.2, 0) is 15.5 Å². The molecule has 1 aromatic rings. The first-order valence-corrected chi connectivity index (χ1v) is 5.49. The first-order valence-electron chi connectivity index (χ1n) is 3.01. The SMILES string of the molecule is O=S(=O)(Cl)CCc1ccoc1. The summed E-state index contributed by atoms with van der Waals surface area (Å²) in [6, 6.07) is 1.71. The average Bonchev–Trinajstić information content (AvgIpc) is 2.32. The molecule has 0 N–H and O–H groups in total. The van der Waals surface area contributed by atoms with E-state index in [2.05, 4.69) is 0 Å². The molecule has 1 aromatic heterocycles. The van der Waals surface area contributed by atoms with Crippen LogP contribution in [0.25, 0.3) is 0 Å². The van der Waals surface area contributed by atoms with Crippen LogP contribution in [0.3, 0.4) is 0 Å². The van der Waals surface area contributed by atoms with E-state index in [0.29, 0.717) is 6.42 Å². The van der Waals surface area contributed by atoms with Gasteiger partial charge in [0.05, 0.1) is 18.3 Å². The molecule has 0 radical (unpaired) electrons. The van der Waals surface area contributed by atoms with Crippen LogP contribution in [0.2, 0.25) is 0 Å². The fourth-order valence-corrected chi connectivity index (χ4v) is 1.39. The molecule has 0 amide bonds. The van der Waals surface area contributed by atoms with Crippen LogP contribution in [0.4, 0.5) is 0 Å². The van der Waals surface area contributed by atoms with Crippen LogP contribution in [0.1, 0.15) is 5.56 Å². The highest BCUT2D eigenvalue weighted by Crippen LogP contribution is 2.05. The standard InChI is InChI=1S/C6H7ClO3S/c7-11(8,9)4-2-6-1-3-10-5-6/h1,3,5H,2,4H2. The van der Waals surface area contributed by atoms with Gasteiger partial charge in [-0.3, -0.25) is 0 Å². The van der Waals surface area contributed by atoms with E-state index in [4.69, 9.17) is 15.1 Å². The van der Waals surface area contributed by atoms with E-state index in [1.807, 2.05) is 0 Å². The van der Waals surface area contributed by atoms with Gasteiger partial charge in [0.25, 0.3) is 0 Å². The van der Waals surface area contributed by atoms with Crippen LogP contribution in [-0.4, -0.2) is 14.2 Å². The third-order valence-electron chi connectivity index (χ3n) is 1.21. The van der Waals surface area contributed by atoms with Gasteiger partial charge in [0.15, 0.2) is 0 Å². The summed E-state index contributed by atoms with van der Waals surface area (Å²) in [5, 5.41) is 0. The lowest BCUT2D eigenvalue weighted by molar-refractivity contribution is 0.564. The molecule has 0 unspecified atom stereocenters. The molecule has 11 heavy (non-hydrogen) atoms. The monoisotopic (exact) mass is 194 g/mol. The Morgan fingerprint density at radius 2 is 2.27 bits per heavy atom. The minimum Gasteiger partial charge on any atom is -0.472 e. The molecule has 0 aromatic carbocycles. The van der Waals surface area contributed by atoms with Crippen molar-refractivity contribution in [2.45, 2.75) is 6.42 Å². The summed E-state index contributed by atoms with van der Waals surface area (Å²) < 4.78 is 25.7. The number of hydrogen-bond acceptors (Lipinski definition) is 3. The maximum absolute atomic E-state index is 10.5. The summed E-state index contributed by atoms with van der Waals surface area (Å²) in [5.41, 5.74) is 0.842. The molecule has 0 aliphatic carbocycles. The second-order valence-corrected chi connectivity index (χ2v) is 5.02. The number of rotatable bonds is 3. The van der Waals surface area contributed by atoms with Gasteiger partial charge in [-0.25, -0.2) is 8.42 Å². The molecule has 0 saturated heterocycles. The first kappa shape index (κ1) is 8.62. The Balaban J connectivity index is 2.48. The fourth-order valence-electron chi connectivity index (χ4n) is 0.675.